The molecule has 0 aromatic heterocycles. The number of nitrogens with zero attached hydrogens (tertiary/aromatic N) is 1. The Balaban J connectivity index is 2.34. The molecule has 0 saturated heterocycles. The third-order valence-electron chi connectivity index (χ3n) is 3.24. The molecule has 1 aromatic carbocycles. The smallest absolute Gasteiger partial charge is 0.208 e. The van der Waals surface area contributed by atoms with Crippen LogP contribution in [-0.2, 0) is 16.4 Å². The zero-order chi connectivity index (χ0) is 18.7. The summed E-state index contributed by atoms with van der Waals surface area (Å²) in [4.78, 5) is 4.45. The van der Waals surface area contributed by atoms with Gasteiger partial charge in [-0.05, 0) is 43.9 Å². The van der Waals surface area contributed by atoms with Crippen molar-refractivity contribution in [2.45, 2.75) is 26.2 Å². The van der Waals surface area contributed by atoms with Crippen molar-refractivity contribution in [3.8, 4) is 0 Å². The van der Waals surface area contributed by atoms with E-state index in [0.717, 1.165) is 23.7 Å². The normalized spacial score (nSPS) is 12.2. The summed E-state index contributed by atoms with van der Waals surface area (Å²) in [6.07, 6.45) is 3.16. The number of guanidine groups is 1. The fourth-order valence-electron chi connectivity index (χ4n) is 2.08. The maximum Gasteiger partial charge on any atom is 0.208 e. The van der Waals surface area contributed by atoms with Crippen LogP contribution in [0.15, 0.2) is 27.7 Å². The molecule has 0 amide bonds. The second-order valence-corrected chi connectivity index (χ2v) is 8.30. The largest absolute Gasteiger partial charge is 0.357 e. The molecule has 0 aliphatic carbocycles. The summed E-state index contributed by atoms with van der Waals surface area (Å²) in [5.41, 5.74) is 0.684. The number of aryl methyl sites for hydroxylation is 1. The molecule has 0 spiro atoms. The van der Waals surface area contributed by atoms with Gasteiger partial charge in [-0.2, -0.15) is 0 Å². The maximum atomic E-state index is 13.7. The molecule has 142 valence electrons. The summed E-state index contributed by atoms with van der Waals surface area (Å²) in [6.45, 7) is 4.27. The van der Waals surface area contributed by atoms with Crippen LogP contribution in [0.5, 0.6) is 0 Å². The van der Waals surface area contributed by atoms with Crippen LogP contribution in [0.4, 0.5) is 4.39 Å². The Labute approximate surface area is 157 Å². The molecule has 0 bridgehead atoms. The van der Waals surface area contributed by atoms with Crippen LogP contribution in [0, 0.1) is 5.82 Å². The first kappa shape index (κ1) is 21.9. The van der Waals surface area contributed by atoms with Gasteiger partial charge in [0.2, 0.25) is 10.0 Å². The van der Waals surface area contributed by atoms with Gasteiger partial charge in [-0.15, -0.1) is 0 Å². The Kier molecular flexibility index (Phi) is 9.99. The highest BCUT2D eigenvalue weighted by atomic mass is 79.9. The van der Waals surface area contributed by atoms with E-state index in [1.54, 1.807) is 6.07 Å². The molecular formula is C16H26BrFN4O2S. The van der Waals surface area contributed by atoms with Crippen LogP contribution in [-0.4, -0.2) is 46.8 Å². The van der Waals surface area contributed by atoms with Crippen molar-refractivity contribution in [2.75, 3.05) is 32.4 Å². The third-order valence-corrected chi connectivity index (χ3v) is 4.47. The van der Waals surface area contributed by atoms with Gasteiger partial charge in [0.1, 0.15) is 5.82 Å². The Morgan fingerprint density at radius 1 is 1.24 bits per heavy atom. The maximum absolute atomic E-state index is 13.7. The summed E-state index contributed by atoms with van der Waals surface area (Å²) >= 11 is 3.24. The third kappa shape index (κ3) is 10.4. The molecule has 1 aromatic rings. The lowest BCUT2D eigenvalue weighted by Crippen LogP contribution is -2.38. The van der Waals surface area contributed by atoms with Crippen molar-refractivity contribution in [1.82, 2.24) is 15.4 Å². The molecule has 6 nitrogen and oxygen atoms in total. The van der Waals surface area contributed by atoms with Crippen LogP contribution in [0.2, 0.25) is 0 Å². The second-order valence-electron chi connectivity index (χ2n) is 5.55. The lowest BCUT2D eigenvalue weighted by molar-refractivity contribution is 0.584. The van der Waals surface area contributed by atoms with Gasteiger partial charge >= 0.3 is 0 Å². The van der Waals surface area contributed by atoms with Crippen molar-refractivity contribution in [3.63, 3.8) is 0 Å². The van der Waals surface area contributed by atoms with Gasteiger partial charge in [0, 0.05) is 30.7 Å². The van der Waals surface area contributed by atoms with Crippen LogP contribution in [0.1, 0.15) is 25.3 Å². The van der Waals surface area contributed by atoms with Crippen LogP contribution < -0.4 is 15.4 Å². The molecule has 0 fully saturated rings. The molecule has 0 aliphatic heterocycles. The molecule has 9 heteroatoms. The molecule has 0 radical (unpaired) electrons. The number of sulfonamides is 1. The summed E-state index contributed by atoms with van der Waals surface area (Å²) in [6, 6.07) is 5.08. The minimum Gasteiger partial charge on any atom is -0.357 e. The number of aliphatic imine (C=N–C) groups is 1. The van der Waals surface area contributed by atoms with E-state index in [1.165, 1.54) is 6.07 Å². The van der Waals surface area contributed by atoms with E-state index in [4.69, 9.17) is 0 Å². The number of rotatable bonds is 10. The minimum atomic E-state index is -3.14. The summed E-state index contributed by atoms with van der Waals surface area (Å²) < 4.78 is 38.8. The first-order chi connectivity index (χ1) is 11.8. The molecule has 0 saturated carbocycles. The van der Waals surface area contributed by atoms with E-state index in [2.05, 4.69) is 36.3 Å². The standard InChI is InChI=1S/C16H26BrFN4O2S/c1-3-19-16(21-10-5-11-22-25(2,23)24)20-9-4-6-13-7-8-14(17)12-15(13)18/h7-8,12,22H,3-6,9-11H2,1-2H3,(H2,19,20,21). The average Bonchev–Trinajstić information content (AvgIpc) is 2.51. The Morgan fingerprint density at radius 2 is 2.00 bits per heavy atom. The van der Waals surface area contributed by atoms with Gasteiger partial charge in [0.25, 0.3) is 0 Å². The lowest BCUT2D eigenvalue weighted by Gasteiger charge is -2.11. The van der Waals surface area contributed by atoms with Crippen molar-refractivity contribution in [1.29, 1.82) is 0 Å². The van der Waals surface area contributed by atoms with E-state index in [0.29, 0.717) is 44.0 Å². The van der Waals surface area contributed by atoms with Gasteiger partial charge < -0.3 is 10.6 Å². The zero-order valence-electron chi connectivity index (χ0n) is 14.6. The predicted molar refractivity (Wildman–Crippen MR) is 104 cm³/mol. The summed E-state index contributed by atoms with van der Waals surface area (Å²) in [5, 5.41) is 6.28. The number of hydrogen-bond donors (Lipinski definition) is 3. The fourth-order valence-corrected chi connectivity index (χ4v) is 2.93. The monoisotopic (exact) mass is 436 g/mol. The minimum absolute atomic E-state index is 0.207. The zero-order valence-corrected chi connectivity index (χ0v) is 17.0. The van der Waals surface area contributed by atoms with E-state index in [1.807, 2.05) is 13.0 Å². The molecular weight excluding hydrogens is 411 g/mol. The number of hydrogen-bond acceptors (Lipinski definition) is 3. The fraction of sp³-hybridized carbons (Fsp3) is 0.562. The Bertz CT molecular complexity index is 668. The topological polar surface area (TPSA) is 82.6 Å². The van der Waals surface area contributed by atoms with E-state index < -0.39 is 10.0 Å². The molecule has 3 N–H and O–H groups in total. The SMILES string of the molecule is CCNC(=NCCCc1ccc(Br)cc1F)NCCCNS(C)(=O)=O. The molecule has 0 heterocycles. The Hall–Kier alpha value is -1.19. The van der Waals surface area contributed by atoms with E-state index in [-0.39, 0.29) is 5.82 Å². The van der Waals surface area contributed by atoms with E-state index in [9.17, 15) is 12.8 Å². The highest BCUT2D eigenvalue weighted by molar-refractivity contribution is 9.10. The average molecular weight is 437 g/mol. The van der Waals surface area contributed by atoms with Gasteiger partial charge in [0.15, 0.2) is 5.96 Å². The van der Waals surface area contributed by atoms with Crippen molar-refractivity contribution < 1.29 is 12.8 Å². The summed E-state index contributed by atoms with van der Waals surface area (Å²) in [5.74, 6) is 0.472. The molecule has 0 unspecified atom stereocenters. The second kappa shape index (κ2) is 11.4. The van der Waals surface area contributed by atoms with Crippen molar-refractivity contribution >= 4 is 31.9 Å². The number of nitrogens with one attached hydrogen (secondary N) is 3. The van der Waals surface area contributed by atoms with Crippen LogP contribution >= 0.6 is 15.9 Å². The molecule has 25 heavy (non-hydrogen) atoms. The summed E-state index contributed by atoms with van der Waals surface area (Å²) in [7, 11) is -3.14. The molecule has 1 rings (SSSR count). The van der Waals surface area contributed by atoms with Gasteiger partial charge in [-0.3, -0.25) is 4.99 Å². The van der Waals surface area contributed by atoms with Crippen molar-refractivity contribution in [2.24, 2.45) is 4.99 Å². The van der Waals surface area contributed by atoms with Gasteiger partial charge in [0.05, 0.1) is 6.26 Å². The predicted octanol–water partition coefficient (Wildman–Crippen LogP) is 2.02. The van der Waals surface area contributed by atoms with Crippen LogP contribution in [0.25, 0.3) is 0 Å². The number of benzene rings is 1. The first-order valence-corrected chi connectivity index (χ1v) is 10.9. The number of halogens is 2. The highest BCUT2D eigenvalue weighted by Gasteiger charge is 2.03. The highest BCUT2D eigenvalue weighted by Crippen LogP contribution is 2.16. The quantitative estimate of drug-likeness (QED) is 0.297. The molecule has 0 aliphatic rings. The molecule has 0 atom stereocenters. The van der Waals surface area contributed by atoms with Gasteiger partial charge in [-0.1, -0.05) is 22.0 Å². The van der Waals surface area contributed by atoms with Crippen LogP contribution in [0.3, 0.4) is 0 Å². The lowest BCUT2D eigenvalue weighted by atomic mass is 10.1. The van der Waals surface area contributed by atoms with Gasteiger partial charge in [-0.25, -0.2) is 17.5 Å². The van der Waals surface area contributed by atoms with Crippen molar-refractivity contribution in [3.05, 3.63) is 34.1 Å². The first-order valence-electron chi connectivity index (χ1n) is 8.22. The van der Waals surface area contributed by atoms with E-state index >= 15 is 0 Å². The Morgan fingerprint density at radius 3 is 2.64 bits per heavy atom.